The van der Waals surface area contributed by atoms with Gasteiger partial charge in [-0.05, 0) is 0 Å². The lowest BCUT2D eigenvalue weighted by atomic mass is 10.1. The lowest BCUT2D eigenvalue weighted by Crippen LogP contribution is -2.45. The van der Waals surface area contributed by atoms with Crippen LogP contribution < -0.4 is 22.1 Å². The summed E-state index contributed by atoms with van der Waals surface area (Å²) in [6, 6.07) is -1.27. The van der Waals surface area contributed by atoms with E-state index in [2.05, 4.69) is 40.0 Å². The Kier molecular flexibility index (Phi) is 9.24. The molecule has 274 valence electrons. The molecule has 2 aliphatic heterocycles. The van der Waals surface area contributed by atoms with Crippen LogP contribution in [0, 0.1) is 0 Å². The standard InChI is InChI=1S/C24H31N13O12P2/c1-45-17-12(10(4-47-51(43,44)35-3-2-27-7-35)48-23(17)36-8-30-13-18(25)28-6-29-19(13)36)34-50(41,42)46-5-11-15(38)16(39)22(49-11)37-9-31-14-20(37)32-24(26)33-21(14)40/h2-3,6-12,15-17,22-23,38-39H,4-5H2,1H3,(H,43,44)(H2,25,28,29)(H2,34,41,42)(H3,26,32,33,40)/t10-,11-,12-,15-,16-,17-,22-,23-/m1/s1. The highest BCUT2D eigenvalue weighted by atomic mass is 31.2. The summed E-state index contributed by atoms with van der Waals surface area (Å²) in [7, 11) is -8.07. The summed E-state index contributed by atoms with van der Waals surface area (Å²) in [4.78, 5) is 60.0. The van der Waals surface area contributed by atoms with Crippen molar-refractivity contribution in [3.8, 4) is 0 Å². The summed E-state index contributed by atoms with van der Waals surface area (Å²) in [6.45, 7) is -1.34. The average Bonchev–Trinajstić information content (AvgIpc) is 3.92. The third-order valence-corrected chi connectivity index (χ3v) is 10.7. The zero-order chi connectivity index (χ0) is 36.2. The number of nitrogen functional groups attached to an aromatic ring is 2. The molecule has 51 heavy (non-hydrogen) atoms. The number of methoxy groups -OCH3 is 1. The first-order valence-corrected chi connectivity index (χ1v) is 17.9. The Morgan fingerprint density at radius 1 is 0.941 bits per heavy atom. The van der Waals surface area contributed by atoms with Crippen LogP contribution in [0.5, 0.6) is 0 Å². The van der Waals surface area contributed by atoms with Gasteiger partial charge in [0.2, 0.25) is 5.95 Å². The van der Waals surface area contributed by atoms with Crippen LogP contribution in [0.4, 0.5) is 11.8 Å². The Morgan fingerprint density at radius 2 is 1.65 bits per heavy atom. The normalized spacial score (nSPS) is 29.1. The number of aliphatic hydroxyl groups is 2. The highest BCUT2D eigenvalue weighted by Gasteiger charge is 2.51. The predicted molar refractivity (Wildman–Crippen MR) is 169 cm³/mol. The Bertz CT molecular complexity index is 2200. The van der Waals surface area contributed by atoms with E-state index in [4.69, 9.17) is 34.7 Å². The Morgan fingerprint density at radius 3 is 2.37 bits per heavy atom. The van der Waals surface area contributed by atoms with Crippen LogP contribution in [0.15, 0.2) is 42.5 Å². The number of aromatic nitrogens is 10. The first kappa shape index (κ1) is 35.2. The zero-order valence-corrected chi connectivity index (χ0v) is 27.9. The van der Waals surface area contributed by atoms with Crippen molar-refractivity contribution in [3.63, 3.8) is 0 Å². The molecule has 7 rings (SSSR count). The van der Waals surface area contributed by atoms with Gasteiger partial charge in [-0.3, -0.25) is 28.0 Å². The molecule has 0 saturated carbocycles. The van der Waals surface area contributed by atoms with Gasteiger partial charge in [0.1, 0.15) is 48.7 Å². The largest absolute Gasteiger partial charge is 0.437 e. The van der Waals surface area contributed by atoms with Crippen LogP contribution in [0.2, 0.25) is 0 Å². The number of nitrogens with zero attached hydrogens (tertiary/aromatic N) is 9. The quantitative estimate of drug-likeness (QED) is 0.0615. The molecule has 7 heterocycles. The number of anilines is 2. The number of rotatable bonds is 12. The van der Waals surface area contributed by atoms with Gasteiger partial charge in [-0.25, -0.2) is 43.5 Å². The molecule has 27 heteroatoms. The van der Waals surface area contributed by atoms with Gasteiger partial charge < -0.3 is 45.7 Å². The number of fused-ring (bicyclic) bond motifs is 2. The lowest BCUT2D eigenvalue weighted by Gasteiger charge is -2.27. The lowest BCUT2D eigenvalue weighted by molar-refractivity contribution is -0.0567. The number of imidazole rings is 3. The second-order valence-corrected chi connectivity index (χ2v) is 14.6. The van der Waals surface area contributed by atoms with Crippen LogP contribution in [0.1, 0.15) is 12.5 Å². The van der Waals surface area contributed by atoms with Crippen molar-refractivity contribution in [1.29, 1.82) is 0 Å². The number of hydrogen-bond donors (Lipinski definition) is 8. The molecule has 5 aromatic rings. The van der Waals surface area contributed by atoms with Crippen LogP contribution >= 0.6 is 15.5 Å². The molecular formula is C24H31N13O12P2. The Balaban J connectivity index is 1.10. The van der Waals surface area contributed by atoms with Crippen LogP contribution in [0.25, 0.3) is 22.3 Å². The molecule has 25 nitrogen and oxygen atoms in total. The third-order valence-electron chi connectivity index (χ3n) is 8.26. The number of aliphatic hydroxyl groups excluding tert-OH is 2. The van der Waals surface area contributed by atoms with Gasteiger partial charge in [-0.2, -0.15) is 4.98 Å². The number of nitrogens with two attached hydrogens (primary N) is 2. The molecule has 0 aromatic carbocycles. The molecule has 2 aliphatic rings. The number of H-pyrrole nitrogens is 1. The molecule has 0 spiro atoms. The molecule has 10 atom stereocenters. The van der Waals surface area contributed by atoms with E-state index < -0.39 is 83.3 Å². The summed E-state index contributed by atoms with van der Waals surface area (Å²) in [5.41, 5.74) is 11.3. The van der Waals surface area contributed by atoms with E-state index in [1.807, 2.05) is 0 Å². The van der Waals surface area contributed by atoms with Crippen molar-refractivity contribution in [2.75, 3.05) is 31.8 Å². The molecule has 2 unspecified atom stereocenters. The van der Waals surface area contributed by atoms with Crippen molar-refractivity contribution in [3.05, 3.63) is 48.1 Å². The highest BCUT2D eigenvalue weighted by Crippen LogP contribution is 2.47. The van der Waals surface area contributed by atoms with Crippen LogP contribution in [0.3, 0.4) is 0 Å². The SMILES string of the molecule is CO[C@@H]1[C@H](NP(=O)(O)OC[C@H]2O[C@@H](n3cnc4c(=O)[nH]c(N)nc43)[C@H](O)[C@@H]2O)[C@@H](COP(=O)(O)n2ccnc2)O[C@H]1n1cnc2c(N)ncnc21. The van der Waals surface area contributed by atoms with E-state index in [9.17, 15) is 33.9 Å². The van der Waals surface area contributed by atoms with E-state index in [1.165, 1.54) is 41.3 Å². The molecule has 0 aliphatic carbocycles. The molecule has 10 N–H and O–H groups in total. The maximum absolute atomic E-state index is 13.5. The van der Waals surface area contributed by atoms with Crippen LogP contribution in [-0.2, 0) is 32.4 Å². The smallest absolute Gasteiger partial charge is 0.387 e. The minimum Gasteiger partial charge on any atom is -0.387 e. The highest BCUT2D eigenvalue weighted by molar-refractivity contribution is 7.51. The Hall–Kier alpha value is -4.23. The van der Waals surface area contributed by atoms with Gasteiger partial charge in [-0.15, -0.1) is 0 Å². The fraction of sp³-hybridized carbons (Fsp3) is 0.458. The maximum Gasteiger partial charge on any atom is 0.437 e. The first-order valence-electron chi connectivity index (χ1n) is 14.8. The predicted octanol–water partition coefficient (Wildman–Crippen LogP) is -2.41. The average molecular weight is 756 g/mol. The topological polar surface area (TPSA) is 350 Å². The number of aromatic amines is 1. The van der Waals surface area contributed by atoms with Gasteiger partial charge in [0.05, 0.1) is 31.9 Å². The summed E-state index contributed by atoms with van der Waals surface area (Å²) >= 11 is 0. The fourth-order valence-corrected chi connectivity index (χ4v) is 7.84. The van der Waals surface area contributed by atoms with Crippen molar-refractivity contribution < 1.29 is 52.4 Å². The number of nitrogens with one attached hydrogen (secondary N) is 2. The van der Waals surface area contributed by atoms with E-state index in [-0.39, 0.29) is 34.1 Å². The van der Waals surface area contributed by atoms with E-state index >= 15 is 0 Å². The molecule has 2 saturated heterocycles. The van der Waals surface area contributed by atoms with Gasteiger partial charge >= 0.3 is 15.5 Å². The summed E-state index contributed by atoms with van der Waals surface area (Å²) in [5, 5.41) is 24.0. The number of hydrogen-bond acceptors (Lipinski definition) is 18. The fourth-order valence-electron chi connectivity index (χ4n) is 5.84. The van der Waals surface area contributed by atoms with Gasteiger partial charge in [0, 0.05) is 19.5 Å². The third kappa shape index (κ3) is 6.54. The second-order valence-electron chi connectivity index (χ2n) is 11.4. The Labute approximate surface area is 284 Å². The molecule has 2 fully saturated rings. The van der Waals surface area contributed by atoms with Crippen molar-refractivity contribution in [2.24, 2.45) is 0 Å². The van der Waals surface area contributed by atoms with E-state index in [1.54, 1.807) is 0 Å². The first-order chi connectivity index (χ1) is 24.3. The van der Waals surface area contributed by atoms with Crippen LogP contribution in [-0.4, -0.2) is 125 Å². The van der Waals surface area contributed by atoms with Crippen molar-refractivity contribution in [2.45, 2.75) is 49.0 Å². The van der Waals surface area contributed by atoms with E-state index in [0.717, 1.165) is 17.0 Å². The maximum atomic E-state index is 13.5. The van der Waals surface area contributed by atoms with Crippen molar-refractivity contribution >= 4 is 49.6 Å². The molecule has 5 aromatic heterocycles. The molecule has 0 amide bonds. The van der Waals surface area contributed by atoms with E-state index in [0.29, 0.717) is 0 Å². The van der Waals surface area contributed by atoms with Crippen molar-refractivity contribution in [1.82, 2.24) is 53.4 Å². The minimum atomic E-state index is -4.88. The van der Waals surface area contributed by atoms with Gasteiger partial charge in [-0.1, -0.05) is 0 Å². The summed E-state index contributed by atoms with van der Waals surface area (Å²) in [5.74, 6) is -0.151. The van der Waals surface area contributed by atoms with Gasteiger partial charge in [0.15, 0.2) is 35.1 Å². The zero-order valence-electron chi connectivity index (χ0n) is 26.1. The summed E-state index contributed by atoms with van der Waals surface area (Å²) in [6.07, 6.45) is -2.16. The second kappa shape index (κ2) is 13.4. The summed E-state index contributed by atoms with van der Waals surface area (Å²) < 4.78 is 58.2. The molecule has 0 bridgehead atoms. The molecule has 0 radical (unpaired) electrons. The monoisotopic (exact) mass is 755 g/mol. The van der Waals surface area contributed by atoms with Gasteiger partial charge in [0.25, 0.3) is 5.56 Å². The molecular weight excluding hydrogens is 724 g/mol. The minimum absolute atomic E-state index is 0.0431. The number of ether oxygens (including phenoxy) is 3.